The van der Waals surface area contributed by atoms with Gasteiger partial charge in [-0.05, 0) is 66.6 Å². The lowest BCUT2D eigenvalue weighted by molar-refractivity contribution is -0.253. The molecule has 2 saturated heterocycles. The highest BCUT2D eigenvalue weighted by atomic mass is 19.4. The van der Waals surface area contributed by atoms with E-state index in [4.69, 9.17) is 9.47 Å². The van der Waals surface area contributed by atoms with Crippen LogP contribution in [0.4, 0.5) is 13.2 Å². The summed E-state index contributed by atoms with van der Waals surface area (Å²) in [5, 5.41) is 12.5. The molecule has 0 unspecified atom stereocenters. The minimum Gasteiger partial charge on any atom is -0.392 e. The van der Waals surface area contributed by atoms with Crippen LogP contribution in [-0.4, -0.2) is 71.2 Å². The Bertz CT molecular complexity index is 1690. The fourth-order valence-corrected chi connectivity index (χ4v) is 8.37. The maximum Gasteiger partial charge on any atom is 0.471 e. The van der Waals surface area contributed by atoms with Crippen molar-refractivity contribution in [3.8, 4) is 11.1 Å². The molecule has 324 valence electrons. The molecule has 2 aliphatic rings. The van der Waals surface area contributed by atoms with E-state index >= 15 is 0 Å². The van der Waals surface area contributed by atoms with E-state index in [-0.39, 0.29) is 38.3 Å². The minimum atomic E-state index is -5.02. The molecule has 11 heteroatoms. The molecule has 8 nitrogen and oxygen atoms in total. The number of rotatable bonds is 23. The first-order valence-electron chi connectivity index (χ1n) is 22.2. The molecule has 2 heterocycles. The number of benzene rings is 3. The van der Waals surface area contributed by atoms with Gasteiger partial charge in [0, 0.05) is 31.6 Å². The summed E-state index contributed by atoms with van der Waals surface area (Å²) in [6.45, 7) is 7.43. The van der Waals surface area contributed by atoms with Crippen LogP contribution in [0.25, 0.3) is 11.1 Å². The van der Waals surface area contributed by atoms with Crippen molar-refractivity contribution in [2.45, 2.75) is 154 Å². The van der Waals surface area contributed by atoms with Gasteiger partial charge in [0.2, 0.25) is 5.91 Å². The molecule has 0 saturated carbocycles. The van der Waals surface area contributed by atoms with Crippen LogP contribution in [-0.2, 0) is 32.2 Å². The van der Waals surface area contributed by atoms with Crippen molar-refractivity contribution in [2.75, 3.05) is 26.2 Å². The molecule has 2 aliphatic heterocycles. The lowest BCUT2D eigenvalue weighted by Gasteiger charge is -2.38. The number of nitrogens with one attached hydrogen (secondary N) is 1. The zero-order chi connectivity index (χ0) is 42.0. The third kappa shape index (κ3) is 14.2. The monoisotopic (exact) mass is 821 g/mol. The summed E-state index contributed by atoms with van der Waals surface area (Å²) in [5.41, 5.74) is 5.36. The Hall–Kier alpha value is -3.77. The number of unbranched alkanes of at least 4 members (excludes halogenated alkanes) is 10. The maximum atomic E-state index is 13.2. The highest BCUT2D eigenvalue weighted by Crippen LogP contribution is 2.39. The normalized spacial score (nSPS) is 19.7. The second-order valence-electron chi connectivity index (χ2n) is 16.3. The average molecular weight is 822 g/mol. The Labute approximate surface area is 349 Å². The highest BCUT2D eigenvalue weighted by Gasteiger charge is 2.47. The van der Waals surface area contributed by atoms with E-state index in [2.05, 4.69) is 24.1 Å². The summed E-state index contributed by atoms with van der Waals surface area (Å²) in [5.74, 6) is -2.57. The van der Waals surface area contributed by atoms with Crippen LogP contribution >= 0.6 is 0 Å². The molecule has 0 radical (unpaired) electrons. The van der Waals surface area contributed by atoms with Gasteiger partial charge < -0.3 is 29.7 Å². The summed E-state index contributed by atoms with van der Waals surface area (Å²) in [6.07, 6.45) is 10.5. The molecule has 3 aromatic carbocycles. The smallest absolute Gasteiger partial charge is 0.392 e. The molecule has 0 bridgehead atoms. The van der Waals surface area contributed by atoms with Gasteiger partial charge in [0.15, 0.2) is 6.29 Å². The van der Waals surface area contributed by atoms with E-state index in [1.807, 2.05) is 72.8 Å². The van der Waals surface area contributed by atoms with Crippen molar-refractivity contribution in [1.82, 2.24) is 15.1 Å². The first-order chi connectivity index (χ1) is 28.6. The van der Waals surface area contributed by atoms with Crippen LogP contribution in [0.2, 0.25) is 0 Å². The number of hydrogen-bond acceptors (Lipinski definition) is 6. The van der Waals surface area contributed by atoms with Gasteiger partial charge in [0.25, 0.3) is 0 Å². The van der Waals surface area contributed by atoms with Crippen LogP contribution in [0.15, 0.2) is 72.8 Å². The Kier molecular flexibility index (Phi) is 18.7. The molecular formula is C48H66F3N3O5. The van der Waals surface area contributed by atoms with E-state index in [0.717, 1.165) is 59.4 Å². The largest absolute Gasteiger partial charge is 0.471 e. The minimum absolute atomic E-state index is 0.0179. The van der Waals surface area contributed by atoms with Gasteiger partial charge in [-0.25, -0.2) is 0 Å². The highest BCUT2D eigenvalue weighted by molar-refractivity contribution is 5.90. The number of carbonyl (C=O) groups is 2. The summed E-state index contributed by atoms with van der Waals surface area (Å²) >= 11 is 0. The summed E-state index contributed by atoms with van der Waals surface area (Å²) < 4.78 is 53.0. The molecule has 4 atom stereocenters. The molecule has 0 aliphatic carbocycles. The number of carbonyl (C=O) groups excluding carboxylic acids is 2. The Morgan fingerprint density at radius 2 is 1.41 bits per heavy atom. The van der Waals surface area contributed by atoms with Crippen molar-refractivity contribution in [3.63, 3.8) is 0 Å². The van der Waals surface area contributed by atoms with Crippen LogP contribution in [0.5, 0.6) is 0 Å². The SMILES string of the molecule is CCCCCCCCN(CCCCCCCC)C[C@@H]1C[C@H](c2ccc(CO)cc2)O[C@H](c2ccc(-c3ccccc3CNC(=O)[C@@H]3CCCN3C(=O)C(F)(F)F)cc2)O1. The second-order valence-corrected chi connectivity index (χ2v) is 16.3. The van der Waals surface area contributed by atoms with Gasteiger partial charge in [-0.2, -0.15) is 13.2 Å². The van der Waals surface area contributed by atoms with Crippen molar-refractivity contribution < 1.29 is 37.3 Å². The van der Waals surface area contributed by atoms with Gasteiger partial charge in [-0.15, -0.1) is 0 Å². The third-order valence-corrected chi connectivity index (χ3v) is 11.8. The van der Waals surface area contributed by atoms with Crippen molar-refractivity contribution in [2.24, 2.45) is 0 Å². The molecule has 2 amide bonds. The number of alkyl halides is 3. The van der Waals surface area contributed by atoms with Gasteiger partial charge in [0.1, 0.15) is 6.04 Å². The Balaban J connectivity index is 1.29. The maximum absolute atomic E-state index is 13.2. The zero-order valence-electron chi connectivity index (χ0n) is 35.2. The quantitative estimate of drug-likeness (QED) is 0.0926. The van der Waals surface area contributed by atoms with Crippen molar-refractivity contribution in [3.05, 3.63) is 95.1 Å². The predicted molar refractivity (Wildman–Crippen MR) is 226 cm³/mol. The van der Waals surface area contributed by atoms with E-state index < -0.39 is 30.3 Å². The van der Waals surface area contributed by atoms with Crippen LogP contribution in [0.3, 0.4) is 0 Å². The zero-order valence-corrected chi connectivity index (χ0v) is 35.2. The number of hydrogen-bond donors (Lipinski definition) is 2. The Morgan fingerprint density at radius 1 is 0.797 bits per heavy atom. The number of aliphatic hydroxyl groups is 1. The second kappa shape index (κ2) is 23.9. The van der Waals surface area contributed by atoms with Gasteiger partial charge in [-0.3, -0.25) is 9.59 Å². The number of amides is 2. The standard InChI is InChI=1S/C48H66F3N3O5/c1-3-5-7-9-11-15-29-53(30-16-12-10-8-6-4-2)34-41-32-44(38-23-21-36(35-55)22-24-38)59-46(58-41)39-27-25-37(26-28-39)42-19-14-13-18-40(42)33-52-45(56)43-20-17-31-54(43)47(57)48(49,50)51/h13-14,18-19,21-28,41,43-44,46,55H,3-12,15-17,20,29-35H2,1-2H3,(H,52,56)/t41-,43-,44+,46+/m0/s1. The first-order valence-corrected chi connectivity index (χ1v) is 22.2. The van der Waals surface area contributed by atoms with Gasteiger partial charge >= 0.3 is 12.1 Å². The number of nitrogens with zero attached hydrogens (tertiary/aromatic N) is 2. The molecular weight excluding hydrogens is 756 g/mol. The fraction of sp³-hybridized carbons (Fsp3) is 0.583. The van der Waals surface area contributed by atoms with E-state index in [1.54, 1.807) is 0 Å². The van der Waals surface area contributed by atoms with E-state index in [1.165, 1.54) is 77.0 Å². The van der Waals surface area contributed by atoms with Gasteiger partial charge in [-0.1, -0.05) is 151 Å². The third-order valence-electron chi connectivity index (χ3n) is 11.8. The molecule has 2 N–H and O–H groups in total. The summed E-state index contributed by atoms with van der Waals surface area (Å²) in [4.78, 5) is 28.3. The van der Waals surface area contributed by atoms with Gasteiger partial charge in [0.05, 0.1) is 18.8 Å². The fourth-order valence-electron chi connectivity index (χ4n) is 8.37. The van der Waals surface area contributed by atoms with Crippen LogP contribution in [0.1, 0.15) is 145 Å². The van der Waals surface area contributed by atoms with Crippen LogP contribution < -0.4 is 5.32 Å². The number of ether oxygens (including phenoxy) is 2. The first kappa shape index (κ1) is 46.3. The molecule has 0 spiro atoms. The average Bonchev–Trinajstić information content (AvgIpc) is 3.75. The number of aliphatic hydroxyl groups excluding tert-OH is 1. The summed E-state index contributed by atoms with van der Waals surface area (Å²) in [6, 6.07) is 22.4. The van der Waals surface area contributed by atoms with Crippen LogP contribution in [0, 0.1) is 0 Å². The molecule has 0 aromatic heterocycles. The lowest BCUT2D eigenvalue weighted by Crippen LogP contribution is -2.50. The molecule has 59 heavy (non-hydrogen) atoms. The molecule has 5 rings (SSSR count). The van der Waals surface area contributed by atoms with Crippen molar-refractivity contribution in [1.29, 1.82) is 0 Å². The topological polar surface area (TPSA) is 91.3 Å². The predicted octanol–water partition coefficient (Wildman–Crippen LogP) is 10.6. The van der Waals surface area contributed by atoms with E-state index in [9.17, 15) is 27.9 Å². The number of halogens is 3. The molecule has 3 aromatic rings. The Morgan fingerprint density at radius 3 is 2.03 bits per heavy atom. The van der Waals surface area contributed by atoms with Crippen molar-refractivity contribution >= 4 is 11.8 Å². The summed E-state index contributed by atoms with van der Waals surface area (Å²) in [7, 11) is 0. The van der Waals surface area contributed by atoms with E-state index in [0.29, 0.717) is 11.3 Å². The lowest BCUT2D eigenvalue weighted by atomic mass is 9.97. The molecule has 2 fully saturated rings. The number of likely N-dealkylation sites (tertiary alicyclic amines) is 1.